The SMILES string of the molecule is COC(=O)[C@H]1C(=O)[C@H](C(C)=O)C(=O)CC1(C)C. The van der Waals surface area contributed by atoms with Crippen molar-refractivity contribution in [3.05, 3.63) is 0 Å². The van der Waals surface area contributed by atoms with E-state index in [1.165, 1.54) is 14.0 Å². The first-order valence-electron chi connectivity index (χ1n) is 5.37. The van der Waals surface area contributed by atoms with E-state index in [1.54, 1.807) is 13.8 Å². The lowest BCUT2D eigenvalue weighted by atomic mass is 9.63. The van der Waals surface area contributed by atoms with Crippen molar-refractivity contribution in [3.63, 3.8) is 0 Å². The molecule has 94 valence electrons. The molecule has 0 amide bonds. The van der Waals surface area contributed by atoms with Gasteiger partial charge in [-0.3, -0.25) is 19.2 Å². The van der Waals surface area contributed by atoms with Gasteiger partial charge >= 0.3 is 5.97 Å². The summed E-state index contributed by atoms with van der Waals surface area (Å²) in [6, 6.07) is 0. The lowest BCUT2D eigenvalue weighted by Crippen LogP contribution is -2.51. The summed E-state index contributed by atoms with van der Waals surface area (Å²) >= 11 is 0. The Hall–Kier alpha value is -1.52. The van der Waals surface area contributed by atoms with Crippen LogP contribution < -0.4 is 0 Å². The van der Waals surface area contributed by atoms with Crippen LogP contribution in [0, 0.1) is 17.3 Å². The highest BCUT2D eigenvalue weighted by Crippen LogP contribution is 2.40. The predicted molar refractivity (Wildman–Crippen MR) is 58.1 cm³/mol. The summed E-state index contributed by atoms with van der Waals surface area (Å²) in [5.74, 6) is -4.58. The Labute approximate surface area is 99.5 Å². The number of ether oxygens (including phenoxy) is 1. The van der Waals surface area contributed by atoms with Gasteiger partial charge in [0, 0.05) is 6.42 Å². The van der Waals surface area contributed by atoms with Crippen molar-refractivity contribution in [2.45, 2.75) is 27.2 Å². The van der Waals surface area contributed by atoms with E-state index in [0.29, 0.717) is 0 Å². The second-order valence-electron chi connectivity index (χ2n) is 5.03. The average molecular weight is 240 g/mol. The first-order valence-corrected chi connectivity index (χ1v) is 5.37. The molecule has 0 heterocycles. The number of ketones is 3. The van der Waals surface area contributed by atoms with Crippen LogP contribution in [0.3, 0.4) is 0 Å². The Kier molecular flexibility index (Phi) is 3.50. The van der Waals surface area contributed by atoms with Crippen molar-refractivity contribution in [2.75, 3.05) is 7.11 Å². The topological polar surface area (TPSA) is 77.5 Å². The van der Waals surface area contributed by atoms with Gasteiger partial charge in [0.1, 0.15) is 17.6 Å². The summed E-state index contributed by atoms with van der Waals surface area (Å²) in [5.41, 5.74) is -0.798. The maximum absolute atomic E-state index is 12.1. The minimum absolute atomic E-state index is 0.0305. The van der Waals surface area contributed by atoms with E-state index in [-0.39, 0.29) is 6.42 Å². The van der Waals surface area contributed by atoms with Gasteiger partial charge in [-0.1, -0.05) is 13.8 Å². The third-order valence-electron chi connectivity index (χ3n) is 3.15. The summed E-state index contributed by atoms with van der Waals surface area (Å²) in [6.07, 6.45) is 0.0305. The zero-order chi connectivity index (χ0) is 13.4. The van der Waals surface area contributed by atoms with E-state index >= 15 is 0 Å². The first-order chi connectivity index (χ1) is 7.72. The van der Waals surface area contributed by atoms with E-state index in [2.05, 4.69) is 4.74 Å². The summed E-state index contributed by atoms with van der Waals surface area (Å²) in [7, 11) is 1.19. The number of carbonyl (C=O) groups excluding carboxylic acids is 4. The monoisotopic (exact) mass is 240 g/mol. The molecule has 0 bridgehead atoms. The number of esters is 1. The third kappa shape index (κ3) is 2.28. The lowest BCUT2D eigenvalue weighted by molar-refractivity contribution is -0.161. The molecule has 0 N–H and O–H groups in total. The standard InChI is InChI=1S/C12H16O5/c1-6(13)8-7(14)5-12(2,3)9(10(8)15)11(16)17-4/h8-9H,5H2,1-4H3/t8-,9-/m1/s1. The lowest BCUT2D eigenvalue weighted by Gasteiger charge is -2.37. The van der Waals surface area contributed by atoms with Gasteiger partial charge in [0.15, 0.2) is 11.6 Å². The second-order valence-corrected chi connectivity index (χ2v) is 5.03. The largest absolute Gasteiger partial charge is 0.468 e. The second kappa shape index (κ2) is 4.39. The number of hydrogen-bond acceptors (Lipinski definition) is 5. The van der Waals surface area contributed by atoms with Crippen LogP contribution in [0.4, 0.5) is 0 Å². The molecule has 1 fully saturated rings. The molecule has 0 aromatic heterocycles. The Morgan fingerprint density at radius 2 is 1.82 bits per heavy atom. The maximum Gasteiger partial charge on any atom is 0.316 e. The highest BCUT2D eigenvalue weighted by atomic mass is 16.5. The summed E-state index contributed by atoms with van der Waals surface area (Å²) < 4.78 is 4.58. The molecule has 0 aromatic carbocycles. The van der Waals surface area contributed by atoms with Crippen LogP contribution in [0.1, 0.15) is 27.2 Å². The molecule has 0 aliphatic heterocycles. The minimum Gasteiger partial charge on any atom is -0.468 e. The maximum atomic E-state index is 12.1. The molecular weight excluding hydrogens is 224 g/mol. The Morgan fingerprint density at radius 1 is 1.29 bits per heavy atom. The van der Waals surface area contributed by atoms with Gasteiger partial charge in [0.25, 0.3) is 0 Å². The molecular formula is C12H16O5. The number of hydrogen-bond donors (Lipinski definition) is 0. The Morgan fingerprint density at radius 3 is 2.24 bits per heavy atom. The molecule has 0 radical (unpaired) electrons. The fourth-order valence-electron chi connectivity index (χ4n) is 2.34. The average Bonchev–Trinajstić information content (AvgIpc) is 2.13. The fraction of sp³-hybridized carbons (Fsp3) is 0.667. The van der Waals surface area contributed by atoms with Crippen molar-refractivity contribution < 1.29 is 23.9 Å². The van der Waals surface area contributed by atoms with Gasteiger partial charge in [-0.2, -0.15) is 0 Å². The highest BCUT2D eigenvalue weighted by Gasteiger charge is 2.53. The van der Waals surface area contributed by atoms with Crippen LogP contribution in [-0.2, 0) is 23.9 Å². The number of rotatable bonds is 2. The molecule has 5 heteroatoms. The molecule has 17 heavy (non-hydrogen) atoms. The summed E-state index contributed by atoms with van der Waals surface area (Å²) in [4.78, 5) is 46.7. The van der Waals surface area contributed by atoms with E-state index in [9.17, 15) is 19.2 Å². The minimum atomic E-state index is -1.30. The van der Waals surface area contributed by atoms with E-state index < -0.39 is 40.6 Å². The van der Waals surface area contributed by atoms with Crippen LogP contribution >= 0.6 is 0 Å². The molecule has 1 saturated carbocycles. The van der Waals surface area contributed by atoms with Crippen LogP contribution in [0.25, 0.3) is 0 Å². The zero-order valence-corrected chi connectivity index (χ0v) is 10.4. The molecule has 0 aromatic rings. The van der Waals surface area contributed by atoms with Crippen LogP contribution in [-0.4, -0.2) is 30.4 Å². The van der Waals surface area contributed by atoms with E-state index in [1.807, 2.05) is 0 Å². The molecule has 1 aliphatic rings. The predicted octanol–water partition coefficient (Wildman–Crippen LogP) is 0.549. The Bertz CT molecular complexity index is 394. The summed E-state index contributed by atoms with van der Waals surface area (Å²) in [6.45, 7) is 4.49. The smallest absolute Gasteiger partial charge is 0.316 e. The van der Waals surface area contributed by atoms with Crippen molar-refractivity contribution in [1.29, 1.82) is 0 Å². The van der Waals surface area contributed by atoms with Crippen LogP contribution in [0.15, 0.2) is 0 Å². The number of carbonyl (C=O) groups is 4. The van der Waals surface area contributed by atoms with E-state index in [0.717, 1.165) is 0 Å². The molecule has 0 unspecified atom stereocenters. The molecule has 1 aliphatic carbocycles. The van der Waals surface area contributed by atoms with Gasteiger partial charge in [-0.25, -0.2) is 0 Å². The van der Waals surface area contributed by atoms with Crippen LogP contribution in [0.5, 0.6) is 0 Å². The number of Topliss-reactive ketones (excluding diaryl/α,β-unsaturated/α-hetero) is 3. The van der Waals surface area contributed by atoms with Crippen molar-refractivity contribution in [1.82, 2.24) is 0 Å². The third-order valence-corrected chi connectivity index (χ3v) is 3.15. The molecule has 5 nitrogen and oxygen atoms in total. The van der Waals surface area contributed by atoms with Gasteiger partial charge in [-0.15, -0.1) is 0 Å². The normalized spacial score (nSPS) is 27.8. The highest BCUT2D eigenvalue weighted by molar-refractivity contribution is 6.24. The van der Waals surface area contributed by atoms with Crippen LogP contribution in [0.2, 0.25) is 0 Å². The van der Waals surface area contributed by atoms with Crippen molar-refractivity contribution in [2.24, 2.45) is 17.3 Å². The zero-order valence-electron chi connectivity index (χ0n) is 10.4. The summed E-state index contributed by atoms with van der Waals surface area (Å²) in [5, 5.41) is 0. The fourth-order valence-corrected chi connectivity index (χ4v) is 2.34. The number of methoxy groups -OCH3 is 1. The van der Waals surface area contributed by atoms with Gasteiger partial charge in [-0.05, 0) is 12.3 Å². The quantitative estimate of drug-likeness (QED) is 0.520. The van der Waals surface area contributed by atoms with Crippen molar-refractivity contribution >= 4 is 23.3 Å². The van der Waals surface area contributed by atoms with Crippen molar-refractivity contribution in [3.8, 4) is 0 Å². The van der Waals surface area contributed by atoms with E-state index in [4.69, 9.17) is 0 Å². The first kappa shape index (κ1) is 13.5. The molecule has 2 atom stereocenters. The van der Waals surface area contributed by atoms with Gasteiger partial charge in [0.2, 0.25) is 0 Å². The van der Waals surface area contributed by atoms with Gasteiger partial charge in [0.05, 0.1) is 7.11 Å². The Balaban J connectivity index is 3.18. The molecule has 0 spiro atoms. The van der Waals surface area contributed by atoms with Gasteiger partial charge < -0.3 is 4.74 Å². The molecule has 1 rings (SSSR count). The molecule has 0 saturated heterocycles.